The van der Waals surface area contributed by atoms with Crippen molar-refractivity contribution in [3.8, 4) is 0 Å². The van der Waals surface area contributed by atoms with Gasteiger partial charge in [-0.1, -0.05) is 272 Å². The second-order valence-electron chi connectivity index (χ2n) is 19.3. The number of esters is 3. The Hall–Kier alpha value is -1.59. The molecule has 0 aromatic carbocycles. The molecule has 362 valence electrons. The molecule has 61 heavy (non-hydrogen) atoms. The van der Waals surface area contributed by atoms with E-state index in [1.165, 1.54) is 205 Å². The van der Waals surface area contributed by atoms with Crippen molar-refractivity contribution in [1.29, 1.82) is 0 Å². The van der Waals surface area contributed by atoms with Gasteiger partial charge in [0.05, 0.1) is 0 Å². The normalized spacial score (nSPS) is 12.0. The summed E-state index contributed by atoms with van der Waals surface area (Å²) in [4.78, 5) is 38.0. The van der Waals surface area contributed by atoms with Crippen molar-refractivity contribution < 1.29 is 28.6 Å². The minimum Gasteiger partial charge on any atom is -0.462 e. The third kappa shape index (κ3) is 49.3. The van der Waals surface area contributed by atoms with Gasteiger partial charge in [0.1, 0.15) is 13.2 Å². The lowest BCUT2D eigenvalue weighted by molar-refractivity contribution is -0.167. The zero-order valence-corrected chi connectivity index (χ0v) is 41.6. The van der Waals surface area contributed by atoms with Crippen molar-refractivity contribution in [3.05, 3.63) is 0 Å². The van der Waals surface area contributed by atoms with Crippen LogP contribution in [0.2, 0.25) is 0 Å². The number of hydrogen-bond acceptors (Lipinski definition) is 6. The SMILES string of the molecule is CCCCCCCCCCCCCCCCCCCCC(=O)O[C@H](COC(=O)CCCCCCCCCCCCCCCCC)COC(=O)CCCCCCCCCC(C)C. The van der Waals surface area contributed by atoms with Crippen LogP contribution in [-0.4, -0.2) is 37.2 Å². The molecule has 0 saturated carbocycles. The van der Waals surface area contributed by atoms with Crippen molar-refractivity contribution in [2.24, 2.45) is 5.92 Å². The molecular weight excluding hydrogens is 757 g/mol. The highest BCUT2D eigenvalue weighted by molar-refractivity contribution is 5.71. The monoisotopic (exact) mass is 863 g/mol. The summed E-state index contributed by atoms with van der Waals surface area (Å²) in [6.07, 6.45) is 52.4. The lowest BCUT2D eigenvalue weighted by Gasteiger charge is -2.18. The Bertz CT molecular complexity index is 918. The molecule has 6 nitrogen and oxygen atoms in total. The molecule has 0 aromatic rings. The highest BCUT2D eigenvalue weighted by Crippen LogP contribution is 2.17. The van der Waals surface area contributed by atoms with Crippen molar-refractivity contribution >= 4 is 17.9 Å². The molecule has 0 aliphatic heterocycles. The van der Waals surface area contributed by atoms with Crippen LogP contribution in [0.3, 0.4) is 0 Å². The van der Waals surface area contributed by atoms with Gasteiger partial charge in [-0.2, -0.15) is 0 Å². The summed E-state index contributed by atoms with van der Waals surface area (Å²) < 4.78 is 16.8. The van der Waals surface area contributed by atoms with Crippen molar-refractivity contribution in [1.82, 2.24) is 0 Å². The van der Waals surface area contributed by atoms with Crippen LogP contribution < -0.4 is 0 Å². The fraction of sp³-hybridized carbons (Fsp3) is 0.945. The van der Waals surface area contributed by atoms with Crippen LogP contribution in [0, 0.1) is 5.92 Å². The van der Waals surface area contributed by atoms with Crippen LogP contribution in [0.5, 0.6) is 0 Å². The molecule has 6 heteroatoms. The number of ether oxygens (including phenoxy) is 3. The fourth-order valence-corrected chi connectivity index (χ4v) is 8.39. The first kappa shape index (κ1) is 59.4. The van der Waals surface area contributed by atoms with E-state index < -0.39 is 6.10 Å². The summed E-state index contributed by atoms with van der Waals surface area (Å²) in [5.74, 6) is -0.0620. The molecule has 0 bridgehead atoms. The van der Waals surface area contributed by atoms with Gasteiger partial charge in [-0.25, -0.2) is 0 Å². The summed E-state index contributed by atoms with van der Waals surface area (Å²) in [5, 5.41) is 0. The largest absolute Gasteiger partial charge is 0.462 e. The van der Waals surface area contributed by atoms with E-state index >= 15 is 0 Å². The molecule has 0 amide bonds. The molecule has 0 heterocycles. The van der Waals surface area contributed by atoms with E-state index in [0.29, 0.717) is 19.3 Å². The van der Waals surface area contributed by atoms with Crippen LogP contribution in [-0.2, 0) is 28.6 Å². The molecule has 0 radical (unpaired) electrons. The average Bonchev–Trinajstić information content (AvgIpc) is 3.24. The minimum atomic E-state index is -0.761. The second kappa shape index (κ2) is 49.4. The second-order valence-corrected chi connectivity index (χ2v) is 19.3. The summed E-state index contributed by atoms with van der Waals surface area (Å²) >= 11 is 0. The van der Waals surface area contributed by atoms with E-state index in [1.54, 1.807) is 0 Å². The standard InChI is InChI=1S/C55H106O6/c1-5-7-9-11-13-15-17-19-21-22-23-25-27-29-31-35-40-44-48-55(58)61-52(50-60-54(57)47-43-39-36-32-33-37-41-45-51(3)4)49-59-53(56)46-42-38-34-30-28-26-24-20-18-16-14-12-10-8-6-2/h51-52H,5-50H2,1-4H3/t52-/m1/s1. The van der Waals surface area contributed by atoms with Crippen molar-refractivity contribution in [3.63, 3.8) is 0 Å². The number of rotatable bonds is 50. The topological polar surface area (TPSA) is 78.9 Å². The Morgan fingerprint density at radius 1 is 0.311 bits per heavy atom. The third-order valence-electron chi connectivity index (χ3n) is 12.5. The number of carbonyl (C=O) groups excluding carboxylic acids is 3. The summed E-state index contributed by atoms with van der Waals surface area (Å²) in [5.41, 5.74) is 0. The molecule has 0 spiro atoms. The van der Waals surface area contributed by atoms with E-state index in [-0.39, 0.29) is 31.1 Å². The zero-order chi connectivity index (χ0) is 44.5. The fourth-order valence-electron chi connectivity index (χ4n) is 8.39. The Balaban J connectivity index is 4.26. The van der Waals surface area contributed by atoms with Crippen LogP contribution in [0.1, 0.15) is 310 Å². The Labute approximate surface area is 380 Å². The average molecular weight is 863 g/mol. The first-order valence-corrected chi connectivity index (χ1v) is 27.4. The first-order chi connectivity index (χ1) is 29.9. The maximum atomic E-state index is 12.8. The molecule has 0 aliphatic carbocycles. The lowest BCUT2D eigenvalue weighted by atomic mass is 10.0. The molecule has 0 aromatic heterocycles. The van der Waals surface area contributed by atoms with Gasteiger partial charge in [-0.05, 0) is 25.2 Å². The Morgan fingerprint density at radius 3 is 0.803 bits per heavy atom. The van der Waals surface area contributed by atoms with Gasteiger partial charge >= 0.3 is 17.9 Å². The molecular formula is C55H106O6. The highest BCUT2D eigenvalue weighted by Gasteiger charge is 2.19. The van der Waals surface area contributed by atoms with Crippen molar-refractivity contribution in [2.75, 3.05) is 13.2 Å². The number of carbonyl (C=O) groups is 3. The lowest BCUT2D eigenvalue weighted by Crippen LogP contribution is -2.30. The van der Waals surface area contributed by atoms with Gasteiger partial charge in [0.2, 0.25) is 0 Å². The Morgan fingerprint density at radius 2 is 0.541 bits per heavy atom. The van der Waals surface area contributed by atoms with Gasteiger partial charge in [-0.3, -0.25) is 14.4 Å². The van der Waals surface area contributed by atoms with E-state index in [0.717, 1.165) is 63.7 Å². The predicted molar refractivity (Wildman–Crippen MR) is 261 cm³/mol. The highest BCUT2D eigenvalue weighted by atomic mass is 16.6. The van der Waals surface area contributed by atoms with Crippen LogP contribution >= 0.6 is 0 Å². The van der Waals surface area contributed by atoms with Gasteiger partial charge in [0, 0.05) is 19.3 Å². The van der Waals surface area contributed by atoms with Gasteiger partial charge in [-0.15, -0.1) is 0 Å². The third-order valence-corrected chi connectivity index (χ3v) is 12.5. The minimum absolute atomic E-state index is 0.0630. The van der Waals surface area contributed by atoms with Gasteiger partial charge in [0.15, 0.2) is 6.10 Å². The maximum Gasteiger partial charge on any atom is 0.306 e. The van der Waals surface area contributed by atoms with E-state index in [4.69, 9.17) is 14.2 Å². The van der Waals surface area contributed by atoms with Crippen LogP contribution in [0.15, 0.2) is 0 Å². The van der Waals surface area contributed by atoms with Gasteiger partial charge < -0.3 is 14.2 Å². The van der Waals surface area contributed by atoms with Crippen LogP contribution in [0.4, 0.5) is 0 Å². The van der Waals surface area contributed by atoms with Gasteiger partial charge in [0.25, 0.3) is 0 Å². The quantitative estimate of drug-likeness (QED) is 0.0344. The van der Waals surface area contributed by atoms with Crippen molar-refractivity contribution in [2.45, 2.75) is 316 Å². The Kier molecular flexibility index (Phi) is 48.1. The zero-order valence-electron chi connectivity index (χ0n) is 41.6. The number of hydrogen-bond donors (Lipinski definition) is 0. The molecule has 0 aliphatic rings. The van der Waals surface area contributed by atoms with E-state index in [9.17, 15) is 14.4 Å². The summed E-state index contributed by atoms with van der Waals surface area (Å²) in [7, 11) is 0. The smallest absolute Gasteiger partial charge is 0.306 e. The maximum absolute atomic E-state index is 12.8. The van der Waals surface area contributed by atoms with Crippen LogP contribution in [0.25, 0.3) is 0 Å². The molecule has 0 unspecified atom stereocenters. The summed E-state index contributed by atoms with van der Waals surface area (Å²) in [6.45, 7) is 8.99. The number of unbranched alkanes of at least 4 members (excludes halogenated alkanes) is 37. The molecule has 0 N–H and O–H groups in total. The molecule has 0 fully saturated rings. The first-order valence-electron chi connectivity index (χ1n) is 27.4. The predicted octanol–water partition coefficient (Wildman–Crippen LogP) is 17.8. The molecule has 1 atom stereocenters. The molecule has 0 saturated heterocycles. The van der Waals surface area contributed by atoms with E-state index in [1.807, 2.05) is 0 Å². The molecule has 0 rings (SSSR count). The summed E-state index contributed by atoms with van der Waals surface area (Å²) in [6, 6.07) is 0. The van der Waals surface area contributed by atoms with E-state index in [2.05, 4.69) is 27.7 Å².